The van der Waals surface area contributed by atoms with E-state index in [0.717, 1.165) is 12.3 Å². The van der Waals surface area contributed by atoms with Gasteiger partial charge in [-0.05, 0) is 6.07 Å². The first-order valence-electron chi connectivity index (χ1n) is 5.37. The third-order valence-corrected chi connectivity index (χ3v) is 3.54. The van der Waals surface area contributed by atoms with E-state index in [1.165, 1.54) is 17.9 Å². The number of hydrogen-bond donors (Lipinski definition) is 0. The summed E-state index contributed by atoms with van der Waals surface area (Å²) in [6, 6.07) is 0.961. The summed E-state index contributed by atoms with van der Waals surface area (Å²) in [7, 11) is -4.56. The minimum absolute atomic E-state index is 0.0954. The third kappa shape index (κ3) is 3.14. The number of rotatable bonds is 3. The second-order valence-electron chi connectivity index (χ2n) is 4.00. The molecule has 0 aliphatic carbocycles. The van der Waals surface area contributed by atoms with Crippen LogP contribution >= 0.6 is 11.6 Å². The van der Waals surface area contributed by atoms with Crippen molar-refractivity contribution in [2.75, 3.05) is 0 Å². The molecular weight excluding hydrogens is 354 g/mol. The molecule has 0 amide bonds. The van der Waals surface area contributed by atoms with Crippen molar-refractivity contribution in [3.8, 4) is 16.9 Å². The molecule has 0 saturated heterocycles. The maximum absolute atomic E-state index is 13.7. The van der Waals surface area contributed by atoms with Crippen LogP contribution in [-0.4, -0.2) is 28.7 Å². The maximum Gasteiger partial charge on any atom is 0.534 e. The van der Waals surface area contributed by atoms with Gasteiger partial charge in [0.1, 0.15) is 5.15 Å². The molecule has 12 heteroatoms. The molecule has 0 radical (unpaired) electrons. The number of nitrogens with zero attached hydrogens (tertiary/aromatic N) is 3. The quantitative estimate of drug-likeness (QED) is 0.364. The lowest BCUT2D eigenvalue weighted by Gasteiger charge is -2.12. The molecule has 0 aliphatic heterocycles. The van der Waals surface area contributed by atoms with E-state index in [-0.39, 0.29) is 11.1 Å². The molecule has 0 unspecified atom stereocenters. The summed E-state index contributed by atoms with van der Waals surface area (Å²) in [6.07, 6.45) is 2.47. The Morgan fingerprint density at radius 2 is 2.00 bits per heavy atom. The highest BCUT2D eigenvalue weighted by Crippen LogP contribution is 2.36. The van der Waals surface area contributed by atoms with Crippen molar-refractivity contribution in [2.45, 2.75) is 5.51 Å². The van der Waals surface area contributed by atoms with Crippen LogP contribution < -0.4 is 4.18 Å². The predicted molar refractivity (Wildman–Crippen MR) is 67.0 cm³/mol. The van der Waals surface area contributed by atoms with Crippen molar-refractivity contribution in [1.82, 2.24) is 14.8 Å². The van der Waals surface area contributed by atoms with Gasteiger partial charge in [-0.3, -0.25) is 4.68 Å². The highest BCUT2D eigenvalue weighted by atomic mass is 35.5. The Hall–Kier alpha value is -1.88. The molecule has 0 fully saturated rings. The van der Waals surface area contributed by atoms with Gasteiger partial charge in [-0.15, -0.1) is 0 Å². The fourth-order valence-electron chi connectivity index (χ4n) is 1.48. The number of aryl methyl sites for hydroxylation is 1. The van der Waals surface area contributed by atoms with Gasteiger partial charge in [0.25, 0.3) is 5.95 Å². The lowest BCUT2D eigenvalue weighted by molar-refractivity contribution is -0.0500. The molecule has 120 valence electrons. The Kier molecular flexibility index (Phi) is 4.04. The zero-order chi connectivity index (χ0) is 16.7. The smallest absolute Gasteiger partial charge is 0.370 e. The Labute approximate surface area is 126 Å². The largest absolute Gasteiger partial charge is 0.534 e. The molecule has 6 nitrogen and oxygen atoms in total. The predicted octanol–water partition coefficient (Wildman–Crippen LogP) is 2.50. The van der Waals surface area contributed by atoms with E-state index in [0.29, 0.717) is 0 Å². The van der Waals surface area contributed by atoms with Crippen LogP contribution in [0.1, 0.15) is 0 Å². The summed E-state index contributed by atoms with van der Waals surface area (Å²) in [5, 5.41) is 3.35. The van der Waals surface area contributed by atoms with Gasteiger partial charge in [-0.25, -0.2) is 4.98 Å². The molecule has 2 aromatic rings. The van der Waals surface area contributed by atoms with Crippen LogP contribution in [0.4, 0.5) is 17.6 Å². The number of alkyl halides is 3. The topological polar surface area (TPSA) is 74.1 Å². The highest BCUT2D eigenvalue weighted by Gasteiger charge is 2.49. The second-order valence-corrected chi connectivity index (χ2v) is 5.92. The Balaban J connectivity index is 2.61. The molecule has 0 aromatic carbocycles. The fourth-order valence-corrected chi connectivity index (χ4v) is 2.14. The molecule has 0 atom stereocenters. The molecule has 22 heavy (non-hydrogen) atoms. The minimum Gasteiger partial charge on any atom is -0.370 e. The van der Waals surface area contributed by atoms with Gasteiger partial charge in [0.05, 0.1) is 6.20 Å². The van der Waals surface area contributed by atoms with Crippen LogP contribution in [0.3, 0.4) is 0 Å². The first-order valence-corrected chi connectivity index (χ1v) is 7.15. The highest BCUT2D eigenvalue weighted by molar-refractivity contribution is 7.88. The van der Waals surface area contributed by atoms with Gasteiger partial charge in [-0.2, -0.15) is 31.1 Å². The van der Waals surface area contributed by atoms with Crippen molar-refractivity contribution < 1.29 is 30.2 Å². The standard InChI is InChI=1S/C10H6ClF4N3O3S/c1-18-4-5(3-16-18)6-2-7(11)17-9(12)8(6)21-22(19,20)10(13,14)15/h2-4H,1H3. The zero-order valence-corrected chi connectivity index (χ0v) is 12.2. The fraction of sp³-hybridized carbons (Fsp3) is 0.200. The van der Waals surface area contributed by atoms with Crippen molar-refractivity contribution >= 4 is 21.7 Å². The van der Waals surface area contributed by atoms with Crippen molar-refractivity contribution in [3.05, 3.63) is 29.6 Å². The molecule has 0 N–H and O–H groups in total. The third-order valence-electron chi connectivity index (χ3n) is 2.39. The molecule has 2 rings (SSSR count). The average molecular weight is 360 g/mol. The normalized spacial score (nSPS) is 12.5. The first kappa shape index (κ1) is 16.5. The Bertz CT molecular complexity index is 819. The Morgan fingerprint density at radius 3 is 2.50 bits per heavy atom. The number of pyridine rings is 1. The van der Waals surface area contributed by atoms with Crippen LogP contribution in [-0.2, 0) is 17.2 Å². The summed E-state index contributed by atoms with van der Waals surface area (Å²) in [4.78, 5) is 3.05. The van der Waals surface area contributed by atoms with Crippen LogP contribution in [0, 0.1) is 5.95 Å². The molecule has 0 spiro atoms. The van der Waals surface area contributed by atoms with Crippen LogP contribution in [0.2, 0.25) is 5.15 Å². The lowest BCUT2D eigenvalue weighted by Crippen LogP contribution is -2.28. The van der Waals surface area contributed by atoms with Crippen molar-refractivity contribution in [1.29, 1.82) is 0 Å². The monoisotopic (exact) mass is 359 g/mol. The van der Waals surface area contributed by atoms with E-state index in [1.54, 1.807) is 0 Å². The van der Waals surface area contributed by atoms with E-state index in [2.05, 4.69) is 14.3 Å². The van der Waals surface area contributed by atoms with Crippen molar-refractivity contribution in [2.24, 2.45) is 7.05 Å². The van der Waals surface area contributed by atoms with Gasteiger partial charge in [0.15, 0.2) is 0 Å². The summed E-state index contributed by atoms with van der Waals surface area (Å²) >= 11 is 5.53. The van der Waals surface area contributed by atoms with Gasteiger partial charge in [-0.1, -0.05) is 11.6 Å². The minimum atomic E-state index is -6.06. The molecule has 0 bridgehead atoms. The Morgan fingerprint density at radius 1 is 1.36 bits per heavy atom. The molecule has 2 heterocycles. The van der Waals surface area contributed by atoms with E-state index in [9.17, 15) is 26.0 Å². The van der Waals surface area contributed by atoms with Crippen LogP contribution in [0.25, 0.3) is 11.1 Å². The average Bonchev–Trinajstić information content (AvgIpc) is 2.77. The van der Waals surface area contributed by atoms with E-state index in [4.69, 9.17) is 11.6 Å². The van der Waals surface area contributed by atoms with Crippen LogP contribution in [0.15, 0.2) is 18.5 Å². The molecule has 0 saturated carbocycles. The van der Waals surface area contributed by atoms with Crippen molar-refractivity contribution in [3.63, 3.8) is 0 Å². The summed E-state index contributed by atoms with van der Waals surface area (Å²) in [5.74, 6) is -2.81. The molecule has 0 aliphatic rings. The lowest BCUT2D eigenvalue weighted by atomic mass is 10.1. The van der Waals surface area contributed by atoms with Gasteiger partial charge in [0, 0.05) is 24.4 Å². The van der Waals surface area contributed by atoms with Gasteiger partial charge < -0.3 is 4.18 Å². The molecule has 2 aromatic heterocycles. The van der Waals surface area contributed by atoms with Gasteiger partial charge in [0.2, 0.25) is 5.75 Å². The number of hydrogen-bond acceptors (Lipinski definition) is 5. The summed E-state index contributed by atoms with van der Waals surface area (Å²) in [5.41, 5.74) is -5.96. The second kappa shape index (κ2) is 5.39. The number of aromatic nitrogens is 3. The maximum atomic E-state index is 13.7. The van der Waals surface area contributed by atoms with Crippen LogP contribution in [0.5, 0.6) is 5.75 Å². The van der Waals surface area contributed by atoms with E-state index in [1.807, 2.05) is 0 Å². The summed E-state index contributed by atoms with van der Waals surface area (Å²) in [6.45, 7) is 0. The SMILES string of the molecule is Cn1cc(-c2cc(Cl)nc(F)c2OS(=O)(=O)C(F)(F)F)cn1. The number of halogens is 5. The molecular formula is C10H6ClF4N3O3S. The summed E-state index contributed by atoms with van der Waals surface area (Å²) < 4.78 is 78.1. The zero-order valence-electron chi connectivity index (χ0n) is 10.6. The first-order chi connectivity index (χ1) is 10.0. The van der Waals surface area contributed by atoms with E-state index >= 15 is 0 Å². The van der Waals surface area contributed by atoms with Gasteiger partial charge >= 0.3 is 15.6 Å². The van der Waals surface area contributed by atoms with E-state index < -0.39 is 32.5 Å².